The zero-order chi connectivity index (χ0) is 20.9. The lowest BCUT2D eigenvalue weighted by Gasteiger charge is -2.16. The van der Waals surface area contributed by atoms with E-state index in [1.165, 1.54) is 11.8 Å². The third kappa shape index (κ3) is 4.60. The van der Waals surface area contributed by atoms with Crippen molar-refractivity contribution in [2.75, 3.05) is 10.2 Å². The fraction of sp³-hybridized carbons (Fsp3) is 0.125. The number of hydrogen-bond donors (Lipinski definition) is 1. The second-order valence-electron chi connectivity index (χ2n) is 6.96. The average molecular weight is 416 g/mol. The predicted molar refractivity (Wildman–Crippen MR) is 123 cm³/mol. The molecule has 1 aliphatic heterocycles. The molecule has 6 heteroatoms. The third-order valence-corrected chi connectivity index (χ3v) is 5.77. The highest BCUT2D eigenvalue weighted by molar-refractivity contribution is 8.16. The van der Waals surface area contributed by atoms with Crippen LogP contribution in [0.25, 0.3) is 0 Å². The number of carbonyl (C=O) groups is 2. The Hall–Kier alpha value is -3.38. The maximum Gasteiger partial charge on any atom is 0.247 e. The molecule has 0 saturated carbocycles. The Bertz CT molecular complexity index is 1070. The summed E-state index contributed by atoms with van der Waals surface area (Å²) in [5.74, 6) is -0.335. The van der Waals surface area contributed by atoms with E-state index in [1.807, 2.05) is 91.9 Å². The van der Waals surface area contributed by atoms with Crippen LogP contribution in [0.4, 0.5) is 17.1 Å². The molecule has 0 aliphatic carbocycles. The van der Waals surface area contributed by atoms with Crippen LogP contribution in [0, 0.1) is 6.92 Å². The zero-order valence-electron chi connectivity index (χ0n) is 16.5. The Kier molecular flexibility index (Phi) is 5.95. The summed E-state index contributed by atoms with van der Waals surface area (Å²) in [7, 11) is 0. The molecule has 1 atom stereocenters. The maximum absolute atomic E-state index is 13.2. The summed E-state index contributed by atoms with van der Waals surface area (Å²) in [6, 6.07) is 26.5. The predicted octanol–water partition coefficient (Wildman–Crippen LogP) is 5.16. The molecular formula is C24H21N3O2S. The van der Waals surface area contributed by atoms with E-state index in [2.05, 4.69) is 10.3 Å². The van der Waals surface area contributed by atoms with Gasteiger partial charge in [0.25, 0.3) is 0 Å². The van der Waals surface area contributed by atoms with Crippen LogP contribution in [-0.4, -0.2) is 22.2 Å². The molecule has 3 aromatic rings. The number of benzene rings is 3. The smallest absolute Gasteiger partial charge is 0.247 e. The Morgan fingerprint density at radius 3 is 2.27 bits per heavy atom. The molecule has 5 nitrogen and oxygen atoms in total. The summed E-state index contributed by atoms with van der Waals surface area (Å²) in [6.07, 6.45) is 0.0779. The SMILES string of the molecule is Cc1ccc(NC(=O)C[C@@H]2SC(=Nc3ccccc3)N(c3ccccc3)C2=O)cc1. The first-order chi connectivity index (χ1) is 14.6. The number of rotatable bonds is 5. The second kappa shape index (κ2) is 8.97. The molecule has 1 saturated heterocycles. The molecule has 30 heavy (non-hydrogen) atoms. The van der Waals surface area contributed by atoms with Gasteiger partial charge in [-0.3, -0.25) is 14.5 Å². The highest BCUT2D eigenvalue weighted by atomic mass is 32.2. The number of hydrogen-bond acceptors (Lipinski definition) is 4. The standard InChI is InChI=1S/C24H21N3O2S/c1-17-12-14-19(15-13-17)25-22(28)16-21-23(29)27(20-10-6-3-7-11-20)24(30-21)26-18-8-4-2-5-9-18/h2-15,21H,16H2,1H3,(H,25,28)/t21-/m0/s1. The lowest BCUT2D eigenvalue weighted by molar-refractivity contribution is -0.121. The number of amidine groups is 1. The Morgan fingerprint density at radius 2 is 1.60 bits per heavy atom. The van der Waals surface area contributed by atoms with Gasteiger partial charge in [0, 0.05) is 12.1 Å². The van der Waals surface area contributed by atoms with Crippen molar-refractivity contribution in [3.05, 3.63) is 90.5 Å². The Morgan fingerprint density at radius 1 is 0.967 bits per heavy atom. The molecule has 150 valence electrons. The van der Waals surface area contributed by atoms with Crippen molar-refractivity contribution in [2.24, 2.45) is 4.99 Å². The number of para-hydroxylation sites is 2. The first kappa shape index (κ1) is 19.9. The number of amides is 2. The number of carbonyl (C=O) groups excluding carboxylic acids is 2. The van der Waals surface area contributed by atoms with Crippen LogP contribution in [0.15, 0.2) is 89.9 Å². The van der Waals surface area contributed by atoms with Crippen molar-refractivity contribution in [3.8, 4) is 0 Å². The molecular weight excluding hydrogens is 394 g/mol. The zero-order valence-corrected chi connectivity index (χ0v) is 17.3. The molecule has 1 fully saturated rings. The van der Waals surface area contributed by atoms with Crippen molar-refractivity contribution in [3.63, 3.8) is 0 Å². The quantitative estimate of drug-likeness (QED) is 0.626. The first-order valence-corrected chi connectivity index (χ1v) is 10.5. The fourth-order valence-corrected chi connectivity index (χ4v) is 4.27. The van der Waals surface area contributed by atoms with Gasteiger partial charge < -0.3 is 5.32 Å². The number of aryl methyl sites for hydroxylation is 1. The molecule has 1 aliphatic rings. The van der Waals surface area contributed by atoms with Crippen LogP contribution < -0.4 is 10.2 Å². The molecule has 0 aromatic heterocycles. The number of aliphatic imine (C=N–C) groups is 1. The van der Waals surface area contributed by atoms with Crippen molar-refractivity contribution >= 4 is 45.8 Å². The molecule has 1 N–H and O–H groups in total. The van der Waals surface area contributed by atoms with Crippen molar-refractivity contribution in [2.45, 2.75) is 18.6 Å². The molecule has 1 heterocycles. The summed E-state index contributed by atoms with van der Waals surface area (Å²) in [4.78, 5) is 32.0. The molecule has 4 rings (SSSR count). The van der Waals surface area contributed by atoms with Crippen LogP contribution in [0.3, 0.4) is 0 Å². The minimum Gasteiger partial charge on any atom is -0.326 e. The highest BCUT2D eigenvalue weighted by Crippen LogP contribution is 2.35. The normalized spacial score (nSPS) is 17.4. The summed E-state index contributed by atoms with van der Waals surface area (Å²) in [5, 5.41) is 2.92. The molecule has 3 aromatic carbocycles. The van der Waals surface area contributed by atoms with Gasteiger partial charge in [0.2, 0.25) is 11.8 Å². The van der Waals surface area contributed by atoms with E-state index >= 15 is 0 Å². The van der Waals surface area contributed by atoms with Gasteiger partial charge in [0.05, 0.1) is 11.4 Å². The van der Waals surface area contributed by atoms with E-state index in [1.54, 1.807) is 4.90 Å². The Labute approximate surface area is 179 Å². The number of nitrogens with zero attached hydrogens (tertiary/aromatic N) is 2. The van der Waals surface area contributed by atoms with Gasteiger partial charge >= 0.3 is 0 Å². The largest absolute Gasteiger partial charge is 0.326 e. The van der Waals surface area contributed by atoms with Gasteiger partial charge in [0.15, 0.2) is 5.17 Å². The van der Waals surface area contributed by atoms with E-state index in [-0.39, 0.29) is 18.2 Å². The summed E-state index contributed by atoms with van der Waals surface area (Å²) in [6.45, 7) is 1.99. The fourth-order valence-electron chi connectivity index (χ4n) is 3.12. The molecule has 0 bridgehead atoms. The van der Waals surface area contributed by atoms with Crippen LogP contribution in [-0.2, 0) is 9.59 Å². The number of nitrogens with one attached hydrogen (secondary N) is 1. The second-order valence-corrected chi connectivity index (χ2v) is 8.13. The van der Waals surface area contributed by atoms with Crippen LogP contribution >= 0.6 is 11.8 Å². The van der Waals surface area contributed by atoms with Gasteiger partial charge in [-0.05, 0) is 43.3 Å². The van der Waals surface area contributed by atoms with Gasteiger partial charge in [-0.15, -0.1) is 0 Å². The van der Waals surface area contributed by atoms with Crippen molar-refractivity contribution < 1.29 is 9.59 Å². The number of thioether (sulfide) groups is 1. The van der Waals surface area contributed by atoms with Gasteiger partial charge in [-0.25, -0.2) is 4.99 Å². The number of anilines is 2. The van der Waals surface area contributed by atoms with E-state index in [0.29, 0.717) is 5.17 Å². The van der Waals surface area contributed by atoms with Crippen LogP contribution in [0.5, 0.6) is 0 Å². The maximum atomic E-state index is 13.2. The van der Waals surface area contributed by atoms with E-state index in [9.17, 15) is 9.59 Å². The van der Waals surface area contributed by atoms with Gasteiger partial charge in [0.1, 0.15) is 5.25 Å². The average Bonchev–Trinajstić information content (AvgIpc) is 3.05. The van der Waals surface area contributed by atoms with Crippen molar-refractivity contribution in [1.29, 1.82) is 0 Å². The minimum atomic E-state index is -0.530. The Balaban J connectivity index is 1.56. The molecule has 2 amide bonds. The molecule has 0 spiro atoms. The lowest BCUT2D eigenvalue weighted by atomic mass is 10.2. The van der Waals surface area contributed by atoms with Crippen LogP contribution in [0.2, 0.25) is 0 Å². The van der Waals surface area contributed by atoms with Gasteiger partial charge in [-0.1, -0.05) is 65.9 Å². The highest BCUT2D eigenvalue weighted by Gasteiger charge is 2.40. The monoisotopic (exact) mass is 415 g/mol. The first-order valence-electron chi connectivity index (χ1n) is 9.66. The lowest BCUT2D eigenvalue weighted by Crippen LogP contribution is -2.33. The molecule has 0 unspecified atom stereocenters. The minimum absolute atomic E-state index is 0.0779. The van der Waals surface area contributed by atoms with Gasteiger partial charge in [-0.2, -0.15) is 0 Å². The van der Waals surface area contributed by atoms with Crippen molar-refractivity contribution in [1.82, 2.24) is 0 Å². The summed E-state index contributed by atoms with van der Waals surface area (Å²) < 4.78 is 0. The summed E-state index contributed by atoms with van der Waals surface area (Å²) >= 11 is 1.32. The topological polar surface area (TPSA) is 61.8 Å². The third-order valence-electron chi connectivity index (χ3n) is 4.64. The summed E-state index contributed by atoms with van der Waals surface area (Å²) in [5.41, 5.74) is 3.35. The molecule has 0 radical (unpaired) electrons. The van der Waals surface area contributed by atoms with E-state index < -0.39 is 5.25 Å². The van der Waals surface area contributed by atoms with E-state index in [4.69, 9.17) is 0 Å². The van der Waals surface area contributed by atoms with Crippen LogP contribution in [0.1, 0.15) is 12.0 Å². The van der Waals surface area contributed by atoms with E-state index in [0.717, 1.165) is 22.6 Å².